The number of ketones is 3. The Kier molecular flexibility index (Phi) is 34.9. The number of anilines is 3. The number of nitrogen functional groups attached to an aromatic ring is 1. The Hall–Kier alpha value is -10.9. The number of benzene rings is 3. The summed E-state index contributed by atoms with van der Waals surface area (Å²) in [5.74, 6) is -10.2. The van der Waals surface area contributed by atoms with E-state index >= 15 is 0 Å². The number of hydrogen-bond acceptors (Lipinski definition) is 21. The monoisotopic (exact) mass is 1650 g/mol. The van der Waals surface area contributed by atoms with Crippen LogP contribution >= 0.6 is 11.6 Å². The second-order valence-electron chi connectivity index (χ2n) is 31.8. The predicted molar refractivity (Wildman–Crippen MR) is 417 cm³/mol. The molecule has 3 fully saturated rings. The molecule has 3 aromatic carbocycles. The van der Waals surface area contributed by atoms with E-state index in [1.165, 1.54) is 55.0 Å². The van der Waals surface area contributed by atoms with Crippen LogP contribution in [0.4, 0.5) is 63.0 Å². The number of phenolic OH excluding ortho intramolecular Hbond substituents is 1. The smallest absolute Gasteiger partial charge is 0.425 e. The summed E-state index contributed by atoms with van der Waals surface area (Å²) in [4.78, 5) is 142. The summed E-state index contributed by atoms with van der Waals surface area (Å²) in [7, 11) is 0. The topological polar surface area (TPSA) is 354 Å². The molecular formula is C83H102ClF6N9O17. The zero-order chi connectivity index (χ0) is 86.0. The highest BCUT2D eigenvalue weighted by Crippen LogP contribution is 2.31. The quantitative estimate of drug-likeness (QED) is 0.0213. The summed E-state index contributed by atoms with van der Waals surface area (Å²) in [6.45, 7) is 18.7. The zero-order valence-corrected chi connectivity index (χ0v) is 67.8. The number of Topliss-reactive ketones (excluding diaryl/α,β-unsaturated/α-hetero) is 3. The van der Waals surface area contributed by atoms with Crippen LogP contribution in [0.25, 0.3) is 0 Å². The maximum atomic E-state index is 14.0. The summed E-state index contributed by atoms with van der Waals surface area (Å²) in [6, 6.07) is 16.2. The highest BCUT2D eigenvalue weighted by atomic mass is 35.5. The van der Waals surface area contributed by atoms with Gasteiger partial charge in [0.05, 0.1) is 24.0 Å². The summed E-state index contributed by atoms with van der Waals surface area (Å²) in [6.07, 6.45) is 11.2. The fourth-order valence-electron chi connectivity index (χ4n) is 11.8. The average Bonchev–Trinajstić information content (AvgIpc) is 0.951. The largest absolute Gasteiger partial charge is 0.503 e. The van der Waals surface area contributed by atoms with E-state index in [0.717, 1.165) is 106 Å². The van der Waals surface area contributed by atoms with E-state index in [-0.39, 0.29) is 78.0 Å². The molecule has 3 saturated carbocycles. The zero-order valence-electron chi connectivity index (χ0n) is 67.0. The van der Waals surface area contributed by atoms with Crippen molar-refractivity contribution < 1.29 is 108 Å². The van der Waals surface area contributed by atoms with Crippen molar-refractivity contribution in [2.75, 3.05) is 34.6 Å². The Morgan fingerprint density at radius 2 is 0.690 bits per heavy atom. The number of nitrogens with zero attached hydrogens (tertiary/aromatic N) is 5. The van der Waals surface area contributed by atoms with Crippen molar-refractivity contribution in [3.05, 3.63) is 161 Å². The first-order valence-corrected chi connectivity index (χ1v) is 38.4. The number of nitrogens with one attached hydrogen (secondary N) is 3. The van der Waals surface area contributed by atoms with Crippen LogP contribution in [0, 0.1) is 52.7 Å². The van der Waals surface area contributed by atoms with Gasteiger partial charge in [-0.25, -0.2) is 60.5 Å². The van der Waals surface area contributed by atoms with E-state index in [2.05, 4.69) is 30.9 Å². The molecule has 0 spiro atoms. The van der Waals surface area contributed by atoms with Crippen molar-refractivity contribution in [2.24, 2.45) is 17.8 Å². The van der Waals surface area contributed by atoms with Crippen LogP contribution in [-0.4, -0.2) is 139 Å². The second-order valence-corrected chi connectivity index (χ2v) is 32.0. The van der Waals surface area contributed by atoms with Gasteiger partial charge < -0.3 is 55.2 Å². The molecule has 0 bridgehead atoms. The number of phenols is 1. The summed E-state index contributed by atoms with van der Waals surface area (Å²) >= 11 is 5.77. The van der Waals surface area contributed by atoms with E-state index in [4.69, 9.17) is 50.9 Å². The minimum Gasteiger partial charge on any atom is -0.503 e. The number of carbonyl (C=O) groups excluding carboxylic acids is 10. The molecule has 0 aliphatic heterocycles. The van der Waals surface area contributed by atoms with E-state index in [0.29, 0.717) is 40.2 Å². The fraction of sp³-hybridized carbons (Fsp3) is 0.482. The summed E-state index contributed by atoms with van der Waals surface area (Å²) < 4.78 is 111. The molecule has 630 valence electrons. The lowest BCUT2D eigenvalue weighted by Gasteiger charge is -2.28. The molecule has 3 unspecified atom stereocenters. The molecule has 116 heavy (non-hydrogen) atoms. The lowest BCUT2D eigenvalue weighted by atomic mass is 10.0. The first-order chi connectivity index (χ1) is 54.4. The van der Waals surface area contributed by atoms with Crippen LogP contribution in [0.3, 0.4) is 0 Å². The van der Waals surface area contributed by atoms with Gasteiger partial charge in [0.2, 0.25) is 17.7 Å². The molecule has 3 atom stereocenters. The molecule has 3 aliphatic carbocycles. The molecule has 3 aliphatic rings. The van der Waals surface area contributed by atoms with Gasteiger partial charge in [-0.15, -0.1) is 11.6 Å². The Morgan fingerprint density at radius 1 is 0.422 bits per heavy atom. The van der Waals surface area contributed by atoms with Crippen molar-refractivity contribution in [1.29, 1.82) is 0 Å². The number of hydrogen-bond donors (Lipinski definition) is 5. The van der Waals surface area contributed by atoms with Gasteiger partial charge in [0.25, 0.3) is 0 Å². The molecule has 6 N–H and O–H groups in total. The van der Waals surface area contributed by atoms with E-state index in [1.54, 1.807) is 101 Å². The average molecular weight is 1650 g/mol. The molecular weight excluding hydrogens is 1540 g/mol. The molecule has 33 heteroatoms. The highest BCUT2D eigenvalue weighted by molar-refractivity contribution is 6.28. The molecule has 26 nitrogen and oxygen atoms in total. The molecule has 6 aromatic rings. The van der Waals surface area contributed by atoms with Crippen LogP contribution in [0.1, 0.15) is 177 Å². The number of ether oxygens (including phenoxy) is 6. The number of carbonyl (C=O) groups is 10. The lowest BCUT2D eigenvalue weighted by molar-refractivity contribution is -0.131. The lowest BCUT2D eigenvalue weighted by Crippen LogP contribution is -2.46. The maximum Gasteiger partial charge on any atom is 0.425 e. The Morgan fingerprint density at radius 3 is 0.931 bits per heavy atom. The number of para-hydroxylation sites is 3. The molecule has 3 aromatic heterocycles. The molecule has 0 radical (unpaired) electrons. The third-order valence-electron chi connectivity index (χ3n) is 17.5. The van der Waals surface area contributed by atoms with Crippen molar-refractivity contribution in [3.8, 4) is 17.2 Å². The number of amides is 7. The Bertz CT molecular complexity index is 4230. The summed E-state index contributed by atoms with van der Waals surface area (Å²) in [5, 5.41) is 16.8. The second kappa shape index (κ2) is 43.2. The van der Waals surface area contributed by atoms with Gasteiger partial charge in [-0.2, -0.15) is 9.80 Å². The summed E-state index contributed by atoms with van der Waals surface area (Å²) in [5.41, 5.74) is 3.87. The van der Waals surface area contributed by atoms with E-state index in [1.807, 2.05) is 0 Å². The molecule has 7 amide bonds. The highest BCUT2D eigenvalue weighted by Gasteiger charge is 2.38. The number of halogens is 7. The van der Waals surface area contributed by atoms with Crippen LogP contribution in [0.5, 0.6) is 17.2 Å². The van der Waals surface area contributed by atoms with E-state index < -0.39 is 142 Å². The number of aromatic nitrogens is 3. The third-order valence-corrected chi connectivity index (χ3v) is 17.7. The maximum absolute atomic E-state index is 14.0. The number of alkyl halides is 1. The van der Waals surface area contributed by atoms with Crippen molar-refractivity contribution in [1.82, 2.24) is 30.9 Å². The van der Waals surface area contributed by atoms with Gasteiger partial charge in [0.15, 0.2) is 69.5 Å². The van der Waals surface area contributed by atoms with Crippen molar-refractivity contribution in [2.45, 2.75) is 220 Å². The van der Waals surface area contributed by atoms with Crippen molar-refractivity contribution in [3.63, 3.8) is 0 Å². The molecule has 3 heterocycles. The van der Waals surface area contributed by atoms with E-state index in [9.17, 15) is 74.3 Å². The van der Waals surface area contributed by atoms with Gasteiger partial charge in [0.1, 0.15) is 53.1 Å². The first kappa shape index (κ1) is 93.9. The standard InChI is InChI=1S/C31H39F2N3O7.C25H36ClN3O6.C21H23F2N3O3.C6H4F2O/c1-30(2,3)42-28(39)36(29(40)43-31(4,5)6)25-15-14-19(17-34-25)16-23(35-27(38)20-10-7-8-11-20)24(37)18-41-26-21(32)12-9-13-22(26)33;1-24(2,3)34-22(32)29(23(33)35-25(4,5)6)20-12-11-16(15-27-20)13-18(19(30)14-26)28-21(31)17-9-7-8-10-17;22-15-6-3-7-16(23)20(15)29-12-18(27)17(10-13-8-9-19(24)25-11-13)26-21(28)14-4-1-2-5-14;7-4-2-1-3-5(8)6(4)9/h9,12-15,17,20,23H,7-8,10-11,16,18H2,1-6H3,(H,35,38);11-12,15,17-18H,7-10,13-14H2,1-6H3,(H,28,31);3,6-9,11,14,17H,1-2,4-5,10,12H2,(H2,24,25)(H,26,28);1-3,9H. The Labute approximate surface area is 675 Å². The van der Waals surface area contributed by atoms with Crippen LogP contribution < -0.4 is 41.0 Å². The SMILES string of the molecule is CC(C)(C)OC(=O)N(C(=O)OC(C)(C)C)c1ccc(CC(NC(=O)C2CCCC2)C(=O)CCl)cn1.CC(C)(C)OC(=O)N(C(=O)OC(C)(C)C)c1ccc(CC(NC(=O)C2CCCC2)C(=O)COc2c(F)cccc2F)cn1.Nc1ccc(CC(NC(=O)C2CCCC2)C(=O)COc2c(F)cccc2F)cn1.Oc1c(F)cccc1F. The Balaban J connectivity index is 0.000000260. The van der Waals surface area contributed by atoms with Crippen molar-refractivity contribution >= 4 is 88.5 Å². The normalized spacial score (nSPS) is 14.5. The van der Waals surface area contributed by atoms with Gasteiger partial charge in [0, 0.05) is 55.6 Å². The molecule has 9 rings (SSSR count). The molecule has 0 saturated heterocycles. The minimum absolute atomic E-state index is 0.00691. The van der Waals surface area contributed by atoms with Gasteiger partial charge >= 0.3 is 24.4 Å². The fourth-order valence-corrected chi connectivity index (χ4v) is 12.0. The number of pyridine rings is 3. The van der Waals surface area contributed by atoms with Crippen LogP contribution in [0.2, 0.25) is 0 Å². The number of rotatable bonds is 24. The number of nitrogens with two attached hydrogens (primary N) is 1. The predicted octanol–water partition coefficient (Wildman–Crippen LogP) is 15.2. The van der Waals surface area contributed by atoms with Crippen LogP contribution in [-0.2, 0) is 67.0 Å². The first-order valence-electron chi connectivity index (χ1n) is 37.8. The van der Waals surface area contributed by atoms with Gasteiger partial charge in [-0.05, 0) is 193 Å². The number of aromatic hydroxyl groups is 1. The van der Waals surface area contributed by atoms with Crippen LogP contribution in [0.15, 0.2) is 110 Å². The number of imide groups is 2. The van der Waals surface area contributed by atoms with Gasteiger partial charge in [-0.1, -0.05) is 74.9 Å². The minimum atomic E-state index is -1.09. The third kappa shape index (κ3) is 31.0. The van der Waals surface area contributed by atoms with Gasteiger partial charge in [-0.3, -0.25) is 28.8 Å².